The van der Waals surface area contributed by atoms with Crippen molar-refractivity contribution in [3.63, 3.8) is 0 Å². The number of likely N-dealkylation sites (N-methyl/N-ethyl adjacent to an activating group) is 1. The number of hydrogen-bond donors (Lipinski definition) is 0. The molecular weight excluding hydrogens is 242 g/mol. The molecule has 0 radical (unpaired) electrons. The summed E-state index contributed by atoms with van der Waals surface area (Å²) in [6, 6.07) is 1.76. The first-order valence-corrected chi connectivity index (χ1v) is 6.48. The van der Waals surface area contributed by atoms with Gasteiger partial charge in [0.25, 0.3) is 5.91 Å². The Kier molecular flexibility index (Phi) is 3.99. The topological polar surface area (TPSA) is 52.6 Å². The fourth-order valence-corrected chi connectivity index (χ4v) is 2.03. The summed E-state index contributed by atoms with van der Waals surface area (Å²) in [4.78, 5) is 27.0. The lowest BCUT2D eigenvalue weighted by Crippen LogP contribution is -2.47. The van der Waals surface area contributed by atoms with Crippen molar-refractivity contribution < 1.29 is 4.79 Å². The molecule has 19 heavy (non-hydrogen) atoms. The molecule has 1 aliphatic rings. The second-order valence-electron chi connectivity index (χ2n) is 5.18. The van der Waals surface area contributed by atoms with Gasteiger partial charge in [0, 0.05) is 46.0 Å². The normalized spacial score (nSPS) is 16.5. The molecule has 6 heteroatoms. The molecule has 0 unspecified atom stereocenters. The smallest absolute Gasteiger partial charge is 0.272 e. The van der Waals surface area contributed by atoms with Gasteiger partial charge in [-0.05, 0) is 20.0 Å². The van der Waals surface area contributed by atoms with Crippen molar-refractivity contribution in [3.8, 4) is 0 Å². The summed E-state index contributed by atoms with van der Waals surface area (Å²) >= 11 is 0. The van der Waals surface area contributed by atoms with Crippen LogP contribution in [0.1, 0.15) is 16.2 Å². The molecule has 0 bridgehead atoms. The Balaban J connectivity index is 2.19. The third-order valence-corrected chi connectivity index (χ3v) is 3.25. The highest BCUT2D eigenvalue weighted by Crippen LogP contribution is 2.11. The van der Waals surface area contributed by atoms with Gasteiger partial charge in [0.15, 0.2) is 0 Å². The fourth-order valence-electron chi connectivity index (χ4n) is 2.03. The highest BCUT2D eigenvalue weighted by molar-refractivity contribution is 5.92. The molecule has 0 aliphatic carbocycles. The van der Waals surface area contributed by atoms with Gasteiger partial charge in [0.05, 0.1) is 0 Å². The summed E-state index contributed by atoms with van der Waals surface area (Å²) in [6.07, 6.45) is 0. The fraction of sp³-hybridized carbons (Fsp3) is 0.615. The van der Waals surface area contributed by atoms with Gasteiger partial charge in [-0.2, -0.15) is 0 Å². The minimum absolute atomic E-state index is 0.00157. The molecule has 0 aromatic carbocycles. The minimum Gasteiger partial charge on any atom is -0.347 e. The second-order valence-corrected chi connectivity index (χ2v) is 5.18. The van der Waals surface area contributed by atoms with Crippen LogP contribution in [0, 0.1) is 6.92 Å². The largest absolute Gasteiger partial charge is 0.347 e. The van der Waals surface area contributed by atoms with Crippen molar-refractivity contribution >= 4 is 11.9 Å². The monoisotopic (exact) mass is 263 g/mol. The van der Waals surface area contributed by atoms with E-state index in [4.69, 9.17) is 0 Å². The first kappa shape index (κ1) is 13.7. The van der Waals surface area contributed by atoms with Gasteiger partial charge in [-0.25, -0.2) is 9.97 Å². The van der Waals surface area contributed by atoms with Crippen LogP contribution in [-0.2, 0) is 0 Å². The molecule has 1 aliphatic heterocycles. The quantitative estimate of drug-likeness (QED) is 0.765. The summed E-state index contributed by atoms with van der Waals surface area (Å²) in [5.41, 5.74) is 1.30. The number of piperazine rings is 1. The Labute approximate surface area is 114 Å². The predicted molar refractivity (Wildman–Crippen MR) is 74.5 cm³/mol. The molecule has 0 N–H and O–H groups in total. The van der Waals surface area contributed by atoms with Crippen LogP contribution in [0.25, 0.3) is 0 Å². The molecule has 2 rings (SSSR count). The third kappa shape index (κ3) is 3.20. The summed E-state index contributed by atoms with van der Waals surface area (Å²) in [7, 11) is 5.82. The lowest BCUT2D eigenvalue weighted by molar-refractivity contribution is 0.0658. The SMILES string of the molecule is Cc1cc(C(=O)N2CCN(C)CC2)nc(N(C)C)n1. The number of nitrogens with zero attached hydrogens (tertiary/aromatic N) is 5. The minimum atomic E-state index is 0.00157. The Bertz CT molecular complexity index is 466. The van der Waals surface area contributed by atoms with Crippen LogP contribution in [0.3, 0.4) is 0 Å². The lowest BCUT2D eigenvalue weighted by Gasteiger charge is -2.32. The van der Waals surface area contributed by atoms with Gasteiger partial charge in [-0.15, -0.1) is 0 Å². The zero-order valence-corrected chi connectivity index (χ0v) is 12.1. The molecule has 6 nitrogen and oxygen atoms in total. The number of amides is 1. The van der Waals surface area contributed by atoms with Crippen molar-refractivity contribution in [3.05, 3.63) is 17.5 Å². The van der Waals surface area contributed by atoms with Crippen molar-refractivity contribution in [1.29, 1.82) is 0 Å². The average Bonchev–Trinajstić information content (AvgIpc) is 2.38. The number of carbonyl (C=O) groups excluding carboxylic acids is 1. The van der Waals surface area contributed by atoms with Crippen molar-refractivity contribution in [1.82, 2.24) is 19.8 Å². The van der Waals surface area contributed by atoms with Crippen LogP contribution in [0.2, 0.25) is 0 Å². The predicted octanol–water partition coefficient (Wildman–Crippen LogP) is 0.239. The summed E-state index contributed by atoms with van der Waals surface area (Å²) in [5, 5.41) is 0. The van der Waals surface area contributed by atoms with E-state index in [1.807, 2.05) is 30.8 Å². The molecule has 1 fully saturated rings. The van der Waals surface area contributed by atoms with Crippen LogP contribution in [0.15, 0.2) is 6.07 Å². The van der Waals surface area contributed by atoms with E-state index in [1.54, 1.807) is 6.07 Å². The first-order valence-electron chi connectivity index (χ1n) is 6.48. The van der Waals surface area contributed by atoms with Crippen LogP contribution in [-0.4, -0.2) is 73.0 Å². The highest BCUT2D eigenvalue weighted by Gasteiger charge is 2.22. The Hall–Kier alpha value is -1.69. The molecule has 2 heterocycles. The number of aromatic nitrogens is 2. The van der Waals surface area contributed by atoms with Gasteiger partial charge < -0.3 is 14.7 Å². The Morgan fingerprint density at radius 1 is 1.21 bits per heavy atom. The molecule has 0 spiro atoms. The van der Waals surface area contributed by atoms with Crippen molar-refractivity contribution in [2.24, 2.45) is 0 Å². The van der Waals surface area contributed by atoms with Gasteiger partial charge >= 0.3 is 0 Å². The maximum atomic E-state index is 12.4. The molecular formula is C13H21N5O. The summed E-state index contributed by atoms with van der Waals surface area (Å²) < 4.78 is 0. The maximum absolute atomic E-state index is 12.4. The molecule has 0 atom stereocenters. The number of hydrogen-bond acceptors (Lipinski definition) is 5. The summed E-state index contributed by atoms with van der Waals surface area (Å²) in [6.45, 7) is 5.23. The molecule has 0 saturated carbocycles. The standard InChI is InChI=1S/C13H21N5O/c1-10-9-11(15-13(14-10)16(2)3)12(19)18-7-5-17(4)6-8-18/h9H,5-8H2,1-4H3. The van der Waals surface area contributed by atoms with Crippen LogP contribution in [0.4, 0.5) is 5.95 Å². The van der Waals surface area contributed by atoms with E-state index in [-0.39, 0.29) is 5.91 Å². The van der Waals surface area contributed by atoms with E-state index in [9.17, 15) is 4.79 Å². The zero-order chi connectivity index (χ0) is 14.0. The van der Waals surface area contributed by atoms with E-state index in [2.05, 4.69) is 21.9 Å². The van der Waals surface area contributed by atoms with Crippen molar-refractivity contribution in [2.75, 3.05) is 52.2 Å². The summed E-state index contributed by atoms with van der Waals surface area (Å²) in [5.74, 6) is 0.583. The van der Waals surface area contributed by atoms with Crippen molar-refractivity contribution in [2.45, 2.75) is 6.92 Å². The second kappa shape index (κ2) is 5.52. The molecule has 1 amide bonds. The molecule has 1 aromatic heterocycles. The van der Waals surface area contributed by atoms with Crippen LogP contribution in [0.5, 0.6) is 0 Å². The lowest BCUT2D eigenvalue weighted by atomic mass is 10.2. The van der Waals surface area contributed by atoms with E-state index >= 15 is 0 Å². The van der Waals surface area contributed by atoms with Crippen LogP contribution >= 0.6 is 0 Å². The van der Waals surface area contributed by atoms with Gasteiger partial charge in [0.1, 0.15) is 5.69 Å². The third-order valence-electron chi connectivity index (χ3n) is 3.25. The first-order chi connectivity index (χ1) is 8.97. The zero-order valence-electron chi connectivity index (χ0n) is 12.1. The van der Waals surface area contributed by atoms with Gasteiger partial charge in [-0.3, -0.25) is 4.79 Å². The van der Waals surface area contributed by atoms with E-state index in [0.717, 1.165) is 31.9 Å². The molecule has 1 saturated heterocycles. The Morgan fingerprint density at radius 2 is 1.84 bits per heavy atom. The number of rotatable bonds is 2. The molecule has 1 aromatic rings. The number of aryl methyl sites for hydroxylation is 1. The number of anilines is 1. The average molecular weight is 263 g/mol. The number of carbonyl (C=O) groups is 1. The molecule has 104 valence electrons. The van der Waals surface area contributed by atoms with E-state index in [1.165, 1.54) is 0 Å². The van der Waals surface area contributed by atoms with Crippen LogP contribution < -0.4 is 4.90 Å². The maximum Gasteiger partial charge on any atom is 0.272 e. The van der Waals surface area contributed by atoms with E-state index in [0.29, 0.717) is 11.6 Å². The highest BCUT2D eigenvalue weighted by atomic mass is 16.2. The van der Waals surface area contributed by atoms with E-state index < -0.39 is 0 Å². The van der Waals surface area contributed by atoms with Gasteiger partial charge in [-0.1, -0.05) is 0 Å². The van der Waals surface area contributed by atoms with Gasteiger partial charge in [0.2, 0.25) is 5.95 Å². The Morgan fingerprint density at radius 3 is 2.42 bits per heavy atom.